The number of benzene rings is 3. The molecule has 7 rings (SSSR count). The third-order valence-corrected chi connectivity index (χ3v) is 9.51. The van der Waals surface area contributed by atoms with Gasteiger partial charge in [0, 0.05) is 41.0 Å². The van der Waals surface area contributed by atoms with Crippen molar-refractivity contribution in [3.8, 4) is 33.6 Å². The van der Waals surface area contributed by atoms with E-state index >= 15 is 0 Å². The summed E-state index contributed by atoms with van der Waals surface area (Å²) in [7, 11) is -3.43. The maximum absolute atomic E-state index is 14.7. The summed E-state index contributed by atoms with van der Waals surface area (Å²) in [5.74, 6) is 0.0356. The van der Waals surface area contributed by atoms with Gasteiger partial charge in [-0.3, -0.25) is 14.9 Å². The van der Waals surface area contributed by atoms with Gasteiger partial charge in [0.05, 0.1) is 29.4 Å². The highest BCUT2D eigenvalue weighted by atomic mass is 32.2. The highest BCUT2D eigenvalue weighted by Crippen LogP contribution is 2.36. The van der Waals surface area contributed by atoms with Crippen molar-refractivity contribution in [1.82, 2.24) is 24.9 Å². The van der Waals surface area contributed by atoms with Crippen molar-refractivity contribution in [2.45, 2.75) is 45.1 Å². The van der Waals surface area contributed by atoms with E-state index in [1.807, 2.05) is 42.5 Å². The van der Waals surface area contributed by atoms with Crippen LogP contribution in [0.3, 0.4) is 0 Å². The zero-order chi connectivity index (χ0) is 32.5. The normalized spacial score (nSPS) is 14.2. The van der Waals surface area contributed by atoms with Crippen molar-refractivity contribution >= 4 is 43.4 Å². The minimum atomic E-state index is -3.43. The van der Waals surface area contributed by atoms with Crippen molar-refractivity contribution in [2.24, 2.45) is 5.92 Å². The van der Waals surface area contributed by atoms with Crippen molar-refractivity contribution in [1.29, 1.82) is 0 Å². The molecule has 1 aliphatic rings. The fraction of sp³-hybridized carbons (Fsp3) is 0.250. The molecule has 0 radical (unpaired) electrons. The molecule has 1 fully saturated rings. The van der Waals surface area contributed by atoms with Gasteiger partial charge in [-0.05, 0) is 89.5 Å². The van der Waals surface area contributed by atoms with Gasteiger partial charge in [0.2, 0.25) is 15.9 Å². The standard InChI is InChI=1S/C36H35FN6O3S/c1-47(45,46)39-19-23-12-25(15-27(37)13-23)29-8-5-9-32-30(29)18-34(41-32)36-31-17-24(10-11-33(31)42-43-36)26-16-28(21-38-20-26)40-35(44)14-22-6-3-2-4-7-22/h5,8-13,15-18,20-22,39,41H,2-4,6-7,14,19H2,1H3,(H,40,44)(H,42,43). The summed E-state index contributed by atoms with van der Waals surface area (Å²) in [5, 5.41) is 12.6. The fourth-order valence-corrected chi connectivity index (χ4v) is 7.02. The van der Waals surface area contributed by atoms with Gasteiger partial charge in [0.15, 0.2) is 0 Å². The highest BCUT2D eigenvalue weighted by molar-refractivity contribution is 7.88. The second-order valence-electron chi connectivity index (χ2n) is 12.4. The zero-order valence-corrected chi connectivity index (χ0v) is 26.8. The third-order valence-electron chi connectivity index (χ3n) is 8.84. The SMILES string of the molecule is CS(=O)(=O)NCc1cc(F)cc(-c2cccc3[nH]c(-c4n[nH]c5ccc(-c6cncc(NC(=O)CC7CCCCC7)c6)cc45)cc23)c1. The number of H-pyrrole nitrogens is 2. The number of amides is 1. The minimum Gasteiger partial charge on any atom is -0.353 e. The number of nitrogens with one attached hydrogen (secondary N) is 4. The van der Waals surface area contributed by atoms with Crippen LogP contribution >= 0.6 is 0 Å². The lowest BCUT2D eigenvalue weighted by molar-refractivity contribution is -0.117. The van der Waals surface area contributed by atoms with E-state index in [2.05, 4.69) is 36.3 Å². The second-order valence-corrected chi connectivity index (χ2v) is 14.3. The molecule has 1 aliphatic carbocycles. The number of aromatic amines is 2. The zero-order valence-electron chi connectivity index (χ0n) is 25.9. The number of hydrogen-bond donors (Lipinski definition) is 4. The van der Waals surface area contributed by atoms with Crippen LogP contribution < -0.4 is 10.0 Å². The summed E-state index contributed by atoms with van der Waals surface area (Å²) in [6.45, 7) is -0.00911. The number of aromatic nitrogens is 4. The van der Waals surface area contributed by atoms with Crippen LogP contribution in [0.15, 0.2) is 79.1 Å². The Morgan fingerprint density at radius 3 is 2.60 bits per heavy atom. The molecular weight excluding hydrogens is 616 g/mol. The molecule has 0 aliphatic heterocycles. The van der Waals surface area contributed by atoms with Crippen molar-refractivity contribution < 1.29 is 17.6 Å². The first-order valence-electron chi connectivity index (χ1n) is 15.8. The van der Waals surface area contributed by atoms with Gasteiger partial charge in [-0.15, -0.1) is 0 Å². The molecule has 0 spiro atoms. The largest absolute Gasteiger partial charge is 0.353 e. The molecule has 11 heteroatoms. The molecule has 9 nitrogen and oxygen atoms in total. The molecule has 0 unspecified atom stereocenters. The summed E-state index contributed by atoms with van der Waals surface area (Å²) in [4.78, 5) is 20.6. The number of anilines is 1. The van der Waals surface area contributed by atoms with Crippen LogP contribution in [-0.4, -0.2) is 40.7 Å². The van der Waals surface area contributed by atoms with Gasteiger partial charge >= 0.3 is 0 Å². The van der Waals surface area contributed by atoms with Crippen LogP contribution in [0.2, 0.25) is 0 Å². The monoisotopic (exact) mass is 650 g/mol. The Balaban J connectivity index is 1.18. The number of sulfonamides is 1. The number of nitrogens with zero attached hydrogens (tertiary/aromatic N) is 2. The van der Waals surface area contributed by atoms with Crippen LogP contribution in [0.1, 0.15) is 44.1 Å². The van der Waals surface area contributed by atoms with Gasteiger partial charge in [-0.2, -0.15) is 5.10 Å². The molecule has 1 saturated carbocycles. The average Bonchev–Trinajstić information content (AvgIpc) is 3.68. The molecule has 3 aromatic heterocycles. The molecule has 3 heterocycles. The lowest BCUT2D eigenvalue weighted by atomic mass is 9.87. The molecular formula is C36H35FN6O3S. The van der Waals surface area contributed by atoms with Gasteiger partial charge in [0.25, 0.3) is 0 Å². The van der Waals surface area contributed by atoms with E-state index in [4.69, 9.17) is 0 Å². The minimum absolute atomic E-state index is 0.00911. The molecule has 0 saturated heterocycles. The molecule has 3 aromatic carbocycles. The molecule has 0 atom stereocenters. The van der Waals surface area contributed by atoms with Gasteiger partial charge in [0.1, 0.15) is 11.5 Å². The first-order chi connectivity index (χ1) is 22.7. The Hall–Kier alpha value is -4.87. The molecule has 6 aromatic rings. The quantitative estimate of drug-likeness (QED) is 0.128. The lowest BCUT2D eigenvalue weighted by Gasteiger charge is -2.20. The Morgan fingerprint density at radius 2 is 1.77 bits per heavy atom. The first-order valence-corrected chi connectivity index (χ1v) is 17.7. The smallest absolute Gasteiger partial charge is 0.224 e. The Bertz CT molecular complexity index is 2220. The molecule has 47 heavy (non-hydrogen) atoms. The predicted molar refractivity (Wildman–Crippen MR) is 184 cm³/mol. The lowest BCUT2D eigenvalue weighted by Crippen LogP contribution is -2.21. The van der Waals surface area contributed by atoms with Crippen molar-refractivity contribution in [2.75, 3.05) is 11.6 Å². The van der Waals surface area contributed by atoms with E-state index in [9.17, 15) is 17.6 Å². The van der Waals surface area contributed by atoms with E-state index in [-0.39, 0.29) is 12.5 Å². The summed E-state index contributed by atoms with van der Waals surface area (Å²) in [6.07, 6.45) is 11.0. The van der Waals surface area contributed by atoms with Crippen LogP contribution in [0, 0.1) is 11.7 Å². The molecule has 0 bridgehead atoms. The molecule has 4 N–H and O–H groups in total. The number of carbonyl (C=O) groups excluding carboxylic acids is 1. The Labute approximate surface area is 272 Å². The topological polar surface area (TPSA) is 133 Å². The number of pyridine rings is 1. The maximum atomic E-state index is 14.7. The predicted octanol–water partition coefficient (Wildman–Crippen LogP) is 7.54. The summed E-state index contributed by atoms with van der Waals surface area (Å²) < 4.78 is 40.3. The Kier molecular flexibility index (Phi) is 8.33. The summed E-state index contributed by atoms with van der Waals surface area (Å²) in [6, 6.07) is 20.3. The van der Waals surface area contributed by atoms with Gasteiger partial charge < -0.3 is 10.3 Å². The molecule has 1 amide bonds. The van der Waals surface area contributed by atoms with E-state index in [0.717, 1.165) is 69.0 Å². The van der Waals surface area contributed by atoms with E-state index in [1.165, 1.54) is 31.4 Å². The maximum Gasteiger partial charge on any atom is 0.224 e. The van der Waals surface area contributed by atoms with E-state index in [1.54, 1.807) is 18.5 Å². The van der Waals surface area contributed by atoms with E-state index < -0.39 is 15.8 Å². The summed E-state index contributed by atoms with van der Waals surface area (Å²) >= 11 is 0. The van der Waals surface area contributed by atoms with Crippen LogP contribution in [0.5, 0.6) is 0 Å². The summed E-state index contributed by atoms with van der Waals surface area (Å²) in [5.41, 5.74) is 7.67. The number of rotatable bonds is 9. The number of fused-ring (bicyclic) bond motifs is 2. The molecule has 240 valence electrons. The Morgan fingerprint density at radius 1 is 0.915 bits per heavy atom. The fourth-order valence-electron chi connectivity index (χ4n) is 6.59. The average molecular weight is 651 g/mol. The van der Waals surface area contributed by atoms with Crippen LogP contribution in [0.25, 0.3) is 55.4 Å². The number of halogens is 1. The third kappa shape index (κ3) is 6.96. The van der Waals surface area contributed by atoms with Gasteiger partial charge in [-0.1, -0.05) is 37.5 Å². The van der Waals surface area contributed by atoms with E-state index in [0.29, 0.717) is 29.2 Å². The van der Waals surface area contributed by atoms with Crippen LogP contribution in [-0.2, 0) is 21.4 Å². The van der Waals surface area contributed by atoms with Crippen molar-refractivity contribution in [3.63, 3.8) is 0 Å². The second kappa shape index (κ2) is 12.7. The first kappa shape index (κ1) is 30.8. The van der Waals surface area contributed by atoms with Gasteiger partial charge in [-0.25, -0.2) is 17.5 Å². The number of hydrogen-bond acceptors (Lipinski definition) is 5. The van der Waals surface area contributed by atoms with Crippen LogP contribution in [0.4, 0.5) is 10.1 Å². The number of carbonyl (C=O) groups is 1. The highest BCUT2D eigenvalue weighted by Gasteiger charge is 2.18. The van der Waals surface area contributed by atoms with Crippen molar-refractivity contribution in [3.05, 3.63) is 90.5 Å².